The van der Waals surface area contributed by atoms with E-state index in [0.717, 1.165) is 16.9 Å². The Hall–Kier alpha value is -2.18. The van der Waals surface area contributed by atoms with Gasteiger partial charge in [-0.2, -0.15) is 5.26 Å². The highest BCUT2D eigenvalue weighted by atomic mass is 35.5. The van der Waals surface area contributed by atoms with Crippen molar-refractivity contribution in [3.63, 3.8) is 0 Å². The van der Waals surface area contributed by atoms with Crippen molar-refractivity contribution in [2.45, 2.75) is 6.54 Å². The van der Waals surface area contributed by atoms with Crippen LogP contribution in [-0.2, 0) is 6.54 Å². The van der Waals surface area contributed by atoms with E-state index in [2.05, 4.69) is 11.4 Å². The monoisotopic (exact) mass is 257 g/mol. The van der Waals surface area contributed by atoms with Crippen molar-refractivity contribution in [2.24, 2.45) is 0 Å². The Morgan fingerprint density at radius 3 is 2.56 bits per heavy atom. The number of rotatable bonds is 3. The molecule has 3 N–H and O–H groups in total. The minimum Gasteiger partial charge on any atom is -0.399 e. The van der Waals surface area contributed by atoms with E-state index >= 15 is 0 Å². The van der Waals surface area contributed by atoms with Crippen LogP contribution in [0.3, 0.4) is 0 Å². The Morgan fingerprint density at radius 2 is 1.89 bits per heavy atom. The number of nitriles is 1. The number of nitrogens with two attached hydrogens (primary N) is 1. The predicted octanol–water partition coefficient (Wildman–Crippen LogP) is 3.41. The Balaban J connectivity index is 2.14. The summed E-state index contributed by atoms with van der Waals surface area (Å²) in [6, 6.07) is 15.0. The summed E-state index contributed by atoms with van der Waals surface area (Å²) in [4.78, 5) is 0. The van der Waals surface area contributed by atoms with E-state index in [4.69, 9.17) is 22.6 Å². The topological polar surface area (TPSA) is 61.8 Å². The Kier molecular flexibility index (Phi) is 3.71. The van der Waals surface area contributed by atoms with Crippen molar-refractivity contribution in [1.82, 2.24) is 0 Å². The van der Waals surface area contributed by atoms with Crippen molar-refractivity contribution in [3.8, 4) is 6.07 Å². The van der Waals surface area contributed by atoms with Gasteiger partial charge >= 0.3 is 0 Å². The first-order valence-electron chi connectivity index (χ1n) is 5.47. The third-order valence-electron chi connectivity index (χ3n) is 2.59. The number of benzene rings is 2. The van der Waals surface area contributed by atoms with Crippen molar-refractivity contribution in [2.75, 3.05) is 11.1 Å². The largest absolute Gasteiger partial charge is 0.399 e. The van der Waals surface area contributed by atoms with E-state index in [1.54, 1.807) is 6.07 Å². The second-order valence-corrected chi connectivity index (χ2v) is 4.28. The highest BCUT2D eigenvalue weighted by molar-refractivity contribution is 6.32. The van der Waals surface area contributed by atoms with E-state index in [1.165, 1.54) is 0 Å². The molecule has 2 aromatic rings. The molecule has 4 heteroatoms. The number of hydrogen-bond acceptors (Lipinski definition) is 3. The molecule has 0 radical (unpaired) electrons. The smallest absolute Gasteiger partial charge is 0.103 e. The predicted molar refractivity (Wildman–Crippen MR) is 74.3 cm³/mol. The number of anilines is 2. The normalized spacial score (nSPS) is 9.78. The van der Waals surface area contributed by atoms with Crippen molar-refractivity contribution in [3.05, 3.63) is 58.6 Å². The Morgan fingerprint density at radius 1 is 1.17 bits per heavy atom. The average molecular weight is 258 g/mol. The van der Waals surface area contributed by atoms with Gasteiger partial charge < -0.3 is 11.1 Å². The molecule has 18 heavy (non-hydrogen) atoms. The maximum absolute atomic E-state index is 9.04. The molecule has 0 aliphatic carbocycles. The van der Waals surface area contributed by atoms with Crippen molar-refractivity contribution >= 4 is 23.0 Å². The molecule has 3 nitrogen and oxygen atoms in total. The highest BCUT2D eigenvalue weighted by Gasteiger charge is 2.05. The lowest BCUT2D eigenvalue weighted by Gasteiger charge is -2.09. The van der Waals surface area contributed by atoms with E-state index in [-0.39, 0.29) is 0 Å². The fourth-order valence-corrected chi connectivity index (χ4v) is 1.83. The van der Waals surface area contributed by atoms with Crippen LogP contribution in [0.1, 0.15) is 11.1 Å². The van der Waals surface area contributed by atoms with Gasteiger partial charge in [0.1, 0.15) is 6.07 Å². The lowest BCUT2D eigenvalue weighted by atomic mass is 10.1. The zero-order valence-corrected chi connectivity index (χ0v) is 10.4. The van der Waals surface area contributed by atoms with Gasteiger partial charge in [0.25, 0.3) is 0 Å². The van der Waals surface area contributed by atoms with Gasteiger partial charge in [-0.1, -0.05) is 29.8 Å². The second-order valence-electron chi connectivity index (χ2n) is 3.87. The summed E-state index contributed by atoms with van der Waals surface area (Å²) in [5.41, 5.74) is 8.65. The van der Waals surface area contributed by atoms with Crippen LogP contribution in [0.4, 0.5) is 11.4 Å². The Labute approximate surface area is 111 Å². The molecule has 0 aliphatic heterocycles. The molecule has 2 aromatic carbocycles. The summed E-state index contributed by atoms with van der Waals surface area (Å²) >= 11 is 5.95. The minimum absolute atomic E-state index is 0.458. The summed E-state index contributed by atoms with van der Waals surface area (Å²) in [6.07, 6.45) is 0. The first kappa shape index (κ1) is 12.3. The van der Waals surface area contributed by atoms with E-state index in [0.29, 0.717) is 17.1 Å². The maximum Gasteiger partial charge on any atom is 0.103 e. The molecule has 0 atom stereocenters. The molecule has 0 unspecified atom stereocenters. The second kappa shape index (κ2) is 5.44. The number of halogens is 1. The average Bonchev–Trinajstić information content (AvgIpc) is 2.38. The van der Waals surface area contributed by atoms with Gasteiger partial charge in [0.05, 0.1) is 16.3 Å². The van der Waals surface area contributed by atoms with Gasteiger partial charge in [-0.05, 0) is 29.8 Å². The van der Waals surface area contributed by atoms with Gasteiger partial charge in [-0.25, -0.2) is 0 Å². The molecule has 0 saturated carbocycles. The molecular formula is C14H12ClN3. The van der Waals surface area contributed by atoms with Crippen LogP contribution in [0.25, 0.3) is 0 Å². The molecule has 0 spiro atoms. The molecule has 2 rings (SSSR count). The zero-order valence-electron chi connectivity index (χ0n) is 9.65. The lowest BCUT2D eigenvalue weighted by molar-refractivity contribution is 1.15. The molecule has 0 heterocycles. The van der Waals surface area contributed by atoms with Crippen LogP contribution in [0, 0.1) is 11.3 Å². The summed E-state index contributed by atoms with van der Waals surface area (Å²) in [5.74, 6) is 0. The summed E-state index contributed by atoms with van der Waals surface area (Å²) < 4.78 is 0. The van der Waals surface area contributed by atoms with Crippen LogP contribution < -0.4 is 11.1 Å². The van der Waals surface area contributed by atoms with Crippen molar-refractivity contribution < 1.29 is 0 Å². The van der Waals surface area contributed by atoms with Crippen LogP contribution >= 0.6 is 11.6 Å². The van der Waals surface area contributed by atoms with Crippen LogP contribution in [0.15, 0.2) is 42.5 Å². The highest BCUT2D eigenvalue weighted by Crippen LogP contribution is 2.23. The van der Waals surface area contributed by atoms with Crippen molar-refractivity contribution in [1.29, 1.82) is 5.26 Å². The van der Waals surface area contributed by atoms with E-state index < -0.39 is 0 Å². The first-order chi connectivity index (χ1) is 8.70. The SMILES string of the molecule is N#Cc1c(Cl)cccc1NCc1ccc(N)cc1. The molecule has 0 saturated heterocycles. The van der Waals surface area contributed by atoms with E-state index in [1.807, 2.05) is 36.4 Å². The quantitative estimate of drug-likeness (QED) is 0.829. The number of nitrogens with zero attached hydrogens (tertiary/aromatic N) is 1. The fraction of sp³-hybridized carbons (Fsp3) is 0.0714. The van der Waals surface area contributed by atoms with Crippen LogP contribution in [-0.4, -0.2) is 0 Å². The molecule has 0 aliphatic rings. The fourth-order valence-electron chi connectivity index (χ4n) is 1.62. The summed E-state index contributed by atoms with van der Waals surface area (Å²) in [6.45, 7) is 0.620. The molecular weight excluding hydrogens is 246 g/mol. The number of nitrogens with one attached hydrogen (secondary N) is 1. The molecule has 0 fully saturated rings. The lowest BCUT2D eigenvalue weighted by Crippen LogP contribution is -2.01. The Bertz CT molecular complexity index is 585. The van der Waals surface area contributed by atoms with Crippen LogP contribution in [0.2, 0.25) is 5.02 Å². The van der Waals surface area contributed by atoms with Gasteiger partial charge in [0.2, 0.25) is 0 Å². The van der Waals surface area contributed by atoms with Gasteiger partial charge in [-0.3, -0.25) is 0 Å². The number of nitrogen functional groups attached to an aromatic ring is 1. The van der Waals surface area contributed by atoms with Gasteiger partial charge in [0.15, 0.2) is 0 Å². The zero-order chi connectivity index (χ0) is 13.0. The molecule has 0 aromatic heterocycles. The molecule has 0 amide bonds. The van der Waals surface area contributed by atoms with Gasteiger partial charge in [0, 0.05) is 12.2 Å². The summed E-state index contributed by atoms with van der Waals surface area (Å²) in [5, 5.41) is 12.7. The maximum atomic E-state index is 9.04. The number of hydrogen-bond donors (Lipinski definition) is 2. The summed E-state index contributed by atoms with van der Waals surface area (Å²) in [7, 11) is 0. The van der Waals surface area contributed by atoms with E-state index in [9.17, 15) is 0 Å². The molecule has 0 bridgehead atoms. The standard InChI is InChI=1S/C14H12ClN3/c15-13-2-1-3-14(12(13)8-16)18-9-10-4-6-11(17)7-5-10/h1-7,18H,9,17H2. The third-order valence-corrected chi connectivity index (χ3v) is 2.90. The molecule has 90 valence electrons. The minimum atomic E-state index is 0.458. The first-order valence-corrected chi connectivity index (χ1v) is 5.85. The van der Waals surface area contributed by atoms with Gasteiger partial charge in [-0.15, -0.1) is 0 Å². The third kappa shape index (κ3) is 2.73. The van der Waals surface area contributed by atoms with Crippen LogP contribution in [0.5, 0.6) is 0 Å².